The molecule has 0 aromatic heterocycles. The molecule has 0 saturated heterocycles. The molecule has 2 fully saturated rings. The minimum absolute atomic E-state index is 0.0883. The zero-order chi connectivity index (χ0) is 13.9. The summed E-state index contributed by atoms with van der Waals surface area (Å²) in [6, 6.07) is 5.96. The molecular formula is C18H24O2. The first kappa shape index (κ1) is 12.7. The summed E-state index contributed by atoms with van der Waals surface area (Å²) < 4.78 is 0. The Morgan fingerprint density at radius 2 is 2.00 bits per heavy atom. The first-order valence-corrected chi connectivity index (χ1v) is 8.09. The number of phenols is 1. The summed E-state index contributed by atoms with van der Waals surface area (Å²) in [4.78, 5) is 0. The molecule has 0 spiro atoms. The van der Waals surface area contributed by atoms with E-state index in [1.165, 1.54) is 30.4 Å². The van der Waals surface area contributed by atoms with Crippen LogP contribution in [0.4, 0.5) is 0 Å². The highest BCUT2D eigenvalue weighted by Crippen LogP contribution is 2.60. The molecule has 2 nitrogen and oxygen atoms in total. The normalized spacial score (nSPS) is 42.7. The number of aliphatic hydroxyl groups is 1. The summed E-state index contributed by atoms with van der Waals surface area (Å²) in [7, 11) is 0. The Labute approximate surface area is 120 Å². The van der Waals surface area contributed by atoms with E-state index in [4.69, 9.17) is 0 Å². The lowest BCUT2D eigenvalue weighted by Crippen LogP contribution is -2.43. The lowest BCUT2D eigenvalue weighted by molar-refractivity contribution is -0.0226. The molecule has 0 unspecified atom stereocenters. The van der Waals surface area contributed by atoms with E-state index in [2.05, 4.69) is 13.0 Å². The van der Waals surface area contributed by atoms with Gasteiger partial charge in [-0.1, -0.05) is 13.0 Å². The highest BCUT2D eigenvalue weighted by atomic mass is 16.3. The second-order valence-corrected chi connectivity index (χ2v) is 7.44. The fraction of sp³-hybridized carbons (Fsp3) is 0.667. The predicted octanol–water partition coefficient (Wildman–Crippen LogP) is 3.61. The van der Waals surface area contributed by atoms with Crippen LogP contribution < -0.4 is 0 Å². The highest BCUT2D eigenvalue weighted by Gasteiger charge is 2.54. The molecule has 0 bridgehead atoms. The van der Waals surface area contributed by atoms with Gasteiger partial charge in [0.05, 0.1) is 6.10 Å². The smallest absolute Gasteiger partial charge is 0.115 e. The maximum absolute atomic E-state index is 10.4. The molecule has 2 saturated carbocycles. The van der Waals surface area contributed by atoms with Gasteiger partial charge in [-0.05, 0) is 85.0 Å². The standard InChI is InChI=1S/C18H24O2/c1-18-9-8-14-13-5-3-12(19)10-11(13)2-4-15(14)16(18)6-7-17(18)20/h3,5,10,14-17,19-20H,2,4,6-9H2,1H3/t14-,15+,16+,17-,18-/m1/s1. The van der Waals surface area contributed by atoms with E-state index in [9.17, 15) is 10.2 Å². The molecule has 3 aliphatic rings. The van der Waals surface area contributed by atoms with E-state index in [1.54, 1.807) is 0 Å². The van der Waals surface area contributed by atoms with Gasteiger partial charge in [0.1, 0.15) is 5.75 Å². The topological polar surface area (TPSA) is 40.5 Å². The first-order chi connectivity index (χ1) is 9.59. The molecule has 5 atom stereocenters. The van der Waals surface area contributed by atoms with E-state index in [-0.39, 0.29) is 11.5 Å². The van der Waals surface area contributed by atoms with Crippen LogP contribution in [0.1, 0.15) is 56.1 Å². The first-order valence-electron chi connectivity index (χ1n) is 8.09. The Bertz CT molecular complexity index is 538. The molecule has 3 aliphatic carbocycles. The van der Waals surface area contributed by atoms with Gasteiger partial charge in [-0.15, -0.1) is 0 Å². The van der Waals surface area contributed by atoms with Crippen molar-refractivity contribution in [2.24, 2.45) is 17.3 Å². The summed E-state index contributed by atoms with van der Waals surface area (Å²) in [6.07, 6.45) is 6.78. The van der Waals surface area contributed by atoms with Gasteiger partial charge in [0.25, 0.3) is 0 Å². The number of phenolic OH excluding ortho intramolecular Hbond substituents is 1. The quantitative estimate of drug-likeness (QED) is 0.757. The third-order valence-electron chi connectivity index (χ3n) is 6.66. The summed E-state index contributed by atoms with van der Waals surface area (Å²) in [6.45, 7) is 2.32. The number of benzene rings is 1. The third kappa shape index (κ3) is 1.60. The SMILES string of the molecule is C[C@@]12CC[C@@H]3c4ccc(O)cc4CC[C@@H]3[C@@H]1CC[C@H]2O. The lowest BCUT2D eigenvalue weighted by Gasteiger charge is -2.50. The molecule has 1 aromatic carbocycles. The molecule has 0 heterocycles. The minimum atomic E-state index is -0.0883. The zero-order valence-electron chi connectivity index (χ0n) is 12.2. The van der Waals surface area contributed by atoms with Crippen molar-refractivity contribution in [3.8, 4) is 5.75 Å². The van der Waals surface area contributed by atoms with Gasteiger partial charge in [-0.3, -0.25) is 0 Å². The van der Waals surface area contributed by atoms with Crippen LogP contribution in [0.25, 0.3) is 0 Å². The number of hydrogen-bond donors (Lipinski definition) is 2. The van der Waals surface area contributed by atoms with Crippen molar-refractivity contribution < 1.29 is 10.2 Å². The summed E-state index contributed by atoms with van der Waals surface area (Å²) in [5, 5.41) is 20.0. The highest BCUT2D eigenvalue weighted by molar-refractivity contribution is 5.40. The van der Waals surface area contributed by atoms with Gasteiger partial charge in [-0.25, -0.2) is 0 Å². The van der Waals surface area contributed by atoms with Gasteiger partial charge in [-0.2, -0.15) is 0 Å². The molecule has 1 aromatic rings. The maximum Gasteiger partial charge on any atom is 0.115 e. The molecule has 0 radical (unpaired) electrons. The van der Waals surface area contributed by atoms with Crippen molar-refractivity contribution in [2.45, 2.75) is 57.5 Å². The van der Waals surface area contributed by atoms with Gasteiger partial charge in [0.15, 0.2) is 0 Å². The van der Waals surface area contributed by atoms with Crippen LogP contribution in [0.5, 0.6) is 5.75 Å². The number of aliphatic hydroxyl groups excluding tert-OH is 1. The van der Waals surface area contributed by atoms with Crippen molar-refractivity contribution in [1.29, 1.82) is 0 Å². The minimum Gasteiger partial charge on any atom is -0.508 e. The molecule has 0 amide bonds. The summed E-state index contributed by atoms with van der Waals surface area (Å²) in [5.74, 6) is 2.49. The van der Waals surface area contributed by atoms with E-state index >= 15 is 0 Å². The fourth-order valence-corrected chi connectivity index (χ4v) is 5.54. The van der Waals surface area contributed by atoms with Crippen molar-refractivity contribution in [1.82, 2.24) is 0 Å². The molecule has 108 valence electrons. The Morgan fingerprint density at radius 1 is 1.15 bits per heavy atom. The Balaban J connectivity index is 1.71. The molecule has 0 aliphatic heterocycles. The van der Waals surface area contributed by atoms with Crippen LogP contribution in [-0.2, 0) is 6.42 Å². The average Bonchev–Trinajstić information content (AvgIpc) is 2.74. The predicted molar refractivity (Wildman–Crippen MR) is 78.7 cm³/mol. The zero-order valence-corrected chi connectivity index (χ0v) is 12.2. The second-order valence-electron chi connectivity index (χ2n) is 7.44. The lowest BCUT2D eigenvalue weighted by atomic mass is 9.55. The number of aryl methyl sites for hydroxylation is 1. The van der Waals surface area contributed by atoms with Crippen LogP contribution in [0.15, 0.2) is 18.2 Å². The number of fused-ring (bicyclic) bond motifs is 5. The Morgan fingerprint density at radius 3 is 2.85 bits per heavy atom. The van der Waals surface area contributed by atoms with Gasteiger partial charge in [0, 0.05) is 0 Å². The van der Waals surface area contributed by atoms with Crippen molar-refractivity contribution >= 4 is 0 Å². The summed E-state index contributed by atoms with van der Waals surface area (Å²) >= 11 is 0. The fourth-order valence-electron chi connectivity index (χ4n) is 5.54. The van der Waals surface area contributed by atoms with Crippen LogP contribution >= 0.6 is 0 Å². The largest absolute Gasteiger partial charge is 0.508 e. The van der Waals surface area contributed by atoms with Gasteiger partial charge < -0.3 is 10.2 Å². The van der Waals surface area contributed by atoms with E-state index in [0.717, 1.165) is 25.2 Å². The van der Waals surface area contributed by atoms with Crippen LogP contribution in [0.2, 0.25) is 0 Å². The van der Waals surface area contributed by atoms with E-state index in [1.807, 2.05) is 12.1 Å². The van der Waals surface area contributed by atoms with Gasteiger partial charge in [0.2, 0.25) is 0 Å². The number of aromatic hydroxyl groups is 1. The van der Waals surface area contributed by atoms with Crippen LogP contribution in [0, 0.1) is 17.3 Å². The second kappa shape index (κ2) is 4.24. The van der Waals surface area contributed by atoms with Crippen molar-refractivity contribution in [3.63, 3.8) is 0 Å². The third-order valence-corrected chi connectivity index (χ3v) is 6.66. The average molecular weight is 272 g/mol. The van der Waals surface area contributed by atoms with E-state index in [0.29, 0.717) is 17.6 Å². The number of hydrogen-bond acceptors (Lipinski definition) is 2. The van der Waals surface area contributed by atoms with E-state index < -0.39 is 0 Å². The summed E-state index contributed by atoms with van der Waals surface area (Å²) in [5.41, 5.74) is 2.99. The van der Waals surface area contributed by atoms with Crippen molar-refractivity contribution in [2.75, 3.05) is 0 Å². The number of rotatable bonds is 0. The van der Waals surface area contributed by atoms with Crippen LogP contribution in [-0.4, -0.2) is 16.3 Å². The van der Waals surface area contributed by atoms with Crippen molar-refractivity contribution in [3.05, 3.63) is 29.3 Å². The molecule has 2 heteroatoms. The molecular weight excluding hydrogens is 248 g/mol. The maximum atomic E-state index is 10.4. The van der Waals surface area contributed by atoms with Gasteiger partial charge >= 0.3 is 0 Å². The molecule has 2 N–H and O–H groups in total. The monoisotopic (exact) mass is 272 g/mol. The molecule has 20 heavy (non-hydrogen) atoms. The van der Waals surface area contributed by atoms with Crippen LogP contribution in [0.3, 0.4) is 0 Å². The Kier molecular flexibility index (Phi) is 2.69. The Hall–Kier alpha value is -1.02. The molecule has 4 rings (SSSR count).